The topological polar surface area (TPSA) is 58.2 Å². The second-order valence-corrected chi connectivity index (χ2v) is 7.57. The lowest BCUT2D eigenvalue weighted by Gasteiger charge is -2.07. The van der Waals surface area contributed by atoms with Crippen molar-refractivity contribution in [2.24, 2.45) is 0 Å². The average Bonchev–Trinajstić information content (AvgIpc) is 3.01. The lowest BCUT2D eigenvalue weighted by atomic mass is 10.00. The van der Waals surface area contributed by atoms with Crippen LogP contribution in [0.15, 0.2) is 30.3 Å². The summed E-state index contributed by atoms with van der Waals surface area (Å²) < 4.78 is 0. The number of hydrogen-bond acceptors (Lipinski definition) is 3. The monoisotopic (exact) mass is 356 g/mol. The molecule has 0 unspecified atom stereocenters. The lowest BCUT2D eigenvalue weighted by molar-refractivity contribution is 0.0952. The second kappa shape index (κ2) is 8.30. The van der Waals surface area contributed by atoms with Crippen LogP contribution in [0.5, 0.6) is 0 Å². The molecule has 1 aromatic heterocycles. The van der Waals surface area contributed by atoms with Crippen LogP contribution in [0.2, 0.25) is 0 Å². The fourth-order valence-corrected chi connectivity index (χ4v) is 4.36. The Balaban J connectivity index is 1.65. The summed E-state index contributed by atoms with van der Waals surface area (Å²) in [5.74, 6) is -0.145. The standard InChI is InChI=1S/C20H24N2O2S/c1-21-19(23)16-9-6-7-14(11-16)13-22-20(24)18-12-15-8-4-2-3-5-10-17(15)25-18/h6-7,9,11-12H,2-5,8,10,13H2,1H3,(H,21,23)(H,22,24). The molecule has 0 fully saturated rings. The largest absolute Gasteiger partial charge is 0.355 e. The highest BCUT2D eigenvalue weighted by molar-refractivity contribution is 7.14. The Bertz CT molecular complexity index is 741. The SMILES string of the molecule is CNC(=O)c1cccc(CNC(=O)c2cc3c(s2)CCCCCC3)c1. The van der Waals surface area contributed by atoms with Crippen LogP contribution >= 0.6 is 11.3 Å². The number of carbonyl (C=O) groups is 2. The van der Waals surface area contributed by atoms with E-state index in [1.807, 2.05) is 18.2 Å². The molecule has 25 heavy (non-hydrogen) atoms. The number of amides is 2. The van der Waals surface area contributed by atoms with Gasteiger partial charge in [0, 0.05) is 24.0 Å². The van der Waals surface area contributed by atoms with Crippen molar-refractivity contribution in [2.75, 3.05) is 7.05 Å². The van der Waals surface area contributed by atoms with Crippen LogP contribution in [0, 0.1) is 0 Å². The molecular formula is C20H24N2O2S. The van der Waals surface area contributed by atoms with E-state index in [-0.39, 0.29) is 11.8 Å². The minimum absolute atomic E-state index is 0.0258. The molecule has 1 heterocycles. The highest BCUT2D eigenvalue weighted by atomic mass is 32.1. The van der Waals surface area contributed by atoms with Crippen LogP contribution in [0.3, 0.4) is 0 Å². The smallest absolute Gasteiger partial charge is 0.261 e. The first kappa shape index (κ1) is 17.7. The van der Waals surface area contributed by atoms with Crippen molar-refractivity contribution in [1.82, 2.24) is 10.6 Å². The van der Waals surface area contributed by atoms with Crippen molar-refractivity contribution >= 4 is 23.2 Å². The summed E-state index contributed by atoms with van der Waals surface area (Å²) in [6, 6.07) is 9.40. The number of aryl methyl sites for hydroxylation is 2. The molecule has 3 rings (SSSR count). The van der Waals surface area contributed by atoms with Crippen LogP contribution in [0.4, 0.5) is 0 Å². The Morgan fingerprint density at radius 2 is 1.84 bits per heavy atom. The lowest BCUT2D eigenvalue weighted by Crippen LogP contribution is -2.22. The summed E-state index contributed by atoms with van der Waals surface area (Å²) in [5.41, 5.74) is 2.88. The van der Waals surface area contributed by atoms with Gasteiger partial charge in [-0.2, -0.15) is 0 Å². The molecule has 1 aliphatic carbocycles. The van der Waals surface area contributed by atoms with Gasteiger partial charge in [-0.3, -0.25) is 9.59 Å². The molecule has 0 saturated carbocycles. The van der Waals surface area contributed by atoms with Crippen LogP contribution in [-0.2, 0) is 19.4 Å². The third-order valence-corrected chi connectivity index (χ3v) is 5.83. The van der Waals surface area contributed by atoms with Gasteiger partial charge in [-0.25, -0.2) is 0 Å². The summed E-state index contributed by atoms with van der Waals surface area (Å²) in [6.45, 7) is 0.423. The fourth-order valence-electron chi connectivity index (χ4n) is 3.19. The number of nitrogens with one attached hydrogen (secondary N) is 2. The van der Waals surface area contributed by atoms with Crippen molar-refractivity contribution in [1.29, 1.82) is 0 Å². The van der Waals surface area contributed by atoms with Crippen LogP contribution < -0.4 is 10.6 Å². The van der Waals surface area contributed by atoms with Gasteiger partial charge >= 0.3 is 0 Å². The Hall–Kier alpha value is -2.14. The fraction of sp³-hybridized carbons (Fsp3) is 0.400. The van der Waals surface area contributed by atoms with Gasteiger partial charge in [0.05, 0.1) is 4.88 Å². The molecule has 0 saturated heterocycles. The summed E-state index contributed by atoms with van der Waals surface area (Å²) in [6.07, 6.45) is 7.21. The minimum Gasteiger partial charge on any atom is -0.355 e. The van der Waals surface area contributed by atoms with E-state index < -0.39 is 0 Å². The number of hydrogen-bond donors (Lipinski definition) is 2. The van der Waals surface area contributed by atoms with Gasteiger partial charge in [-0.15, -0.1) is 11.3 Å². The van der Waals surface area contributed by atoms with Gasteiger partial charge in [0.2, 0.25) is 0 Å². The maximum Gasteiger partial charge on any atom is 0.261 e. The van der Waals surface area contributed by atoms with E-state index in [0.29, 0.717) is 12.1 Å². The van der Waals surface area contributed by atoms with Crippen molar-refractivity contribution in [3.8, 4) is 0 Å². The van der Waals surface area contributed by atoms with Gasteiger partial charge in [0.15, 0.2) is 0 Å². The number of rotatable bonds is 4. The molecule has 2 amide bonds. The van der Waals surface area contributed by atoms with E-state index in [4.69, 9.17) is 0 Å². The van der Waals surface area contributed by atoms with Crippen molar-refractivity contribution in [2.45, 2.75) is 45.1 Å². The molecule has 1 aromatic carbocycles. The predicted molar refractivity (Wildman–Crippen MR) is 101 cm³/mol. The number of benzene rings is 1. The van der Waals surface area contributed by atoms with E-state index in [9.17, 15) is 9.59 Å². The van der Waals surface area contributed by atoms with E-state index in [0.717, 1.165) is 23.3 Å². The Morgan fingerprint density at radius 3 is 2.64 bits per heavy atom. The third-order valence-electron chi connectivity index (χ3n) is 4.59. The molecule has 1 aliphatic rings. The second-order valence-electron chi connectivity index (χ2n) is 6.44. The molecule has 4 nitrogen and oxygen atoms in total. The molecular weight excluding hydrogens is 332 g/mol. The maximum absolute atomic E-state index is 12.5. The zero-order chi connectivity index (χ0) is 17.6. The van der Waals surface area contributed by atoms with Crippen LogP contribution in [0.25, 0.3) is 0 Å². The van der Waals surface area contributed by atoms with Crippen molar-refractivity contribution in [3.63, 3.8) is 0 Å². The molecule has 0 spiro atoms. The molecule has 2 aromatic rings. The molecule has 0 bridgehead atoms. The molecule has 0 radical (unpaired) electrons. The summed E-state index contributed by atoms with van der Waals surface area (Å²) >= 11 is 1.64. The zero-order valence-electron chi connectivity index (χ0n) is 14.6. The molecule has 132 valence electrons. The van der Waals surface area contributed by atoms with Gasteiger partial charge < -0.3 is 10.6 Å². The van der Waals surface area contributed by atoms with Crippen LogP contribution in [-0.4, -0.2) is 18.9 Å². The van der Waals surface area contributed by atoms with Gasteiger partial charge in [0.1, 0.15) is 0 Å². The summed E-state index contributed by atoms with van der Waals surface area (Å²) in [4.78, 5) is 26.4. The Kier molecular flexibility index (Phi) is 5.87. The minimum atomic E-state index is -0.119. The summed E-state index contributed by atoms with van der Waals surface area (Å²) in [7, 11) is 1.61. The third kappa shape index (κ3) is 4.48. The highest BCUT2D eigenvalue weighted by Crippen LogP contribution is 2.28. The first-order valence-electron chi connectivity index (χ1n) is 8.88. The summed E-state index contributed by atoms with van der Waals surface area (Å²) in [5, 5.41) is 5.59. The first-order valence-corrected chi connectivity index (χ1v) is 9.70. The Labute approximate surface area is 152 Å². The van der Waals surface area contributed by atoms with Gasteiger partial charge in [-0.1, -0.05) is 25.0 Å². The molecule has 0 aliphatic heterocycles. The van der Waals surface area contributed by atoms with Crippen molar-refractivity contribution < 1.29 is 9.59 Å². The van der Waals surface area contributed by atoms with E-state index in [2.05, 4.69) is 16.7 Å². The van der Waals surface area contributed by atoms with Crippen molar-refractivity contribution in [3.05, 3.63) is 56.8 Å². The van der Waals surface area contributed by atoms with Gasteiger partial charge in [-0.05, 0) is 55.0 Å². The highest BCUT2D eigenvalue weighted by Gasteiger charge is 2.16. The molecule has 0 atom stereocenters. The first-order chi connectivity index (χ1) is 12.2. The van der Waals surface area contributed by atoms with Gasteiger partial charge in [0.25, 0.3) is 11.8 Å². The quantitative estimate of drug-likeness (QED) is 0.878. The number of carbonyl (C=O) groups excluding carboxylic acids is 2. The van der Waals surface area contributed by atoms with E-state index in [1.165, 1.54) is 36.1 Å². The average molecular weight is 356 g/mol. The molecule has 5 heteroatoms. The predicted octanol–water partition coefficient (Wildman–Crippen LogP) is 3.70. The van der Waals surface area contributed by atoms with E-state index >= 15 is 0 Å². The van der Waals surface area contributed by atoms with E-state index in [1.54, 1.807) is 24.5 Å². The molecule has 2 N–H and O–H groups in total. The number of thiophene rings is 1. The van der Waals surface area contributed by atoms with Crippen LogP contribution in [0.1, 0.15) is 61.7 Å². The zero-order valence-corrected chi connectivity index (χ0v) is 15.4. The number of fused-ring (bicyclic) bond motifs is 1. The maximum atomic E-state index is 12.5. The normalized spacial score (nSPS) is 14.1. The Morgan fingerprint density at radius 1 is 1.04 bits per heavy atom.